The Balaban J connectivity index is 1.86. The first-order valence-corrected chi connectivity index (χ1v) is 12.2. The van der Waals surface area contributed by atoms with Gasteiger partial charge in [0, 0.05) is 35.2 Å². The topological polar surface area (TPSA) is 40.5 Å². The summed E-state index contributed by atoms with van der Waals surface area (Å²) in [5.74, 6) is -0.886. The van der Waals surface area contributed by atoms with Crippen molar-refractivity contribution in [2.75, 3.05) is 13.2 Å². The monoisotopic (exact) mass is 501 g/mol. The number of fused-ring (bicyclic) bond motifs is 1. The molecule has 1 atom stereocenters. The smallest absolute Gasteiger partial charge is 0.389 e. The molecule has 0 N–H and O–H groups in total. The van der Waals surface area contributed by atoms with E-state index < -0.39 is 31.1 Å². The van der Waals surface area contributed by atoms with E-state index in [0.717, 1.165) is 35.1 Å². The van der Waals surface area contributed by atoms with Gasteiger partial charge in [-0.1, -0.05) is 51.6 Å². The van der Waals surface area contributed by atoms with Gasteiger partial charge in [-0.2, -0.15) is 13.2 Å². The summed E-state index contributed by atoms with van der Waals surface area (Å²) in [5, 5.41) is 1.03. The molecule has 0 fully saturated rings. The van der Waals surface area contributed by atoms with E-state index >= 15 is 0 Å². The molecule has 36 heavy (non-hydrogen) atoms. The fraction of sp³-hybridized carbons (Fsp3) is 0.414. The van der Waals surface area contributed by atoms with Crippen LogP contribution >= 0.6 is 0 Å². The summed E-state index contributed by atoms with van der Waals surface area (Å²) in [7, 11) is 0. The van der Waals surface area contributed by atoms with Gasteiger partial charge in [-0.25, -0.2) is 4.79 Å². The number of carbonyl (C=O) groups is 1. The summed E-state index contributed by atoms with van der Waals surface area (Å²) in [6.45, 7) is 11.5. The van der Waals surface area contributed by atoms with Crippen LogP contribution in [0.15, 0.2) is 60.7 Å². The van der Waals surface area contributed by atoms with Crippen molar-refractivity contribution in [1.82, 2.24) is 4.57 Å². The lowest BCUT2D eigenvalue weighted by molar-refractivity contribution is -0.158. The van der Waals surface area contributed by atoms with E-state index in [0.29, 0.717) is 11.7 Å². The number of nitrogens with zero attached hydrogens (tertiary/aromatic N) is 1. The van der Waals surface area contributed by atoms with Crippen LogP contribution in [-0.2, 0) is 22.5 Å². The molecule has 7 heteroatoms. The number of hydrogen-bond donors (Lipinski definition) is 0. The van der Waals surface area contributed by atoms with E-state index in [9.17, 15) is 18.0 Å². The lowest BCUT2D eigenvalue weighted by Crippen LogP contribution is -2.26. The third-order valence-corrected chi connectivity index (χ3v) is 5.89. The highest BCUT2D eigenvalue weighted by molar-refractivity contribution is 5.88. The number of benzene rings is 2. The maximum atomic E-state index is 13.1. The van der Waals surface area contributed by atoms with Gasteiger partial charge in [-0.3, -0.25) is 0 Å². The fourth-order valence-electron chi connectivity index (χ4n) is 4.06. The first-order valence-electron chi connectivity index (χ1n) is 12.2. The number of hydrogen-bond acceptors (Lipinski definition) is 3. The van der Waals surface area contributed by atoms with Gasteiger partial charge in [0.15, 0.2) is 0 Å². The number of alkyl halides is 3. The second kappa shape index (κ2) is 11.7. The molecule has 1 aromatic heterocycles. The molecule has 0 aliphatic carbocycles. The van der Waals surface area contributed by atoms with Crippen LogP contribution in [0.1, 0.15) is 39.7 Å². The molecule has 194 valence electrons. The van der Waals surface area contributed by atoms with Crippen molar-refractivity contribution in [2.45, 2.75) is 53.3 Å². The molecular weight excluding hydrogens is 467 g/mol. The molecule has 2 aromatic carbocycles. The summed E-state index contributed by atoms with van der Waals surface area (Å²) >= 11 is 0. The Hall–Kier alpha value is -3.22. The summed E-state index contributed by atoms with van der Waals surface area (Å²) in [6, 6.07) is 16.2. The molecule has 0 spiro atoms. The van der Waals surface area contributed by atoms with Crippen molar-refractivity contribution in [3.8, 4) is 17.0 Å². The van der Waals surface area contributed by atoms with Gasteiger partial charge in [-0.15, -0.1) is 0 Å². The zero-order valence-corrected chi connectivity index (χ0v) is 21.3. The summed E-state index contributed by atoms with van der Waals surface area (Å²) in [4.78, 5) is 11.7. The molecule has 1 heterocycles. The van der Waals surface area contributed by atoms with Crippen LogP contribution in [-0.4, -0.2) is 29.9 Å². The Labute approximate surface area is 210 Å². The van der Waals surface area contributed by atoms with Crippen molar-refractivity contribution in [1.29, 1.82) is 0 Å². The third kappa shape index (κ3) is 7.39. The molecule has 0 bridgehead atoms. The number of aryl methyl sites for hydroxylation is 1. The van der Waals surface area contributed by atoms with Crippen LogP contribution in [0.4, 0.5) is 13.2 Å². The Bertz CT molecular complexity index is 1190. The van der Waals surface area contributed by atoms with E-state index in [4.69, 9.17) is 9.47 Å². The highest BCUT2D eigenvalue weighted by Crippen LogP contribution is 2.32. The number of carbonyl (C=O) groups excluding carboxylic acids is 1. The van der Waals surface area contributed by atoms with Crippen molar-refractivity contribution < 1.29 is 27.4 Å². The van der Waals surface area contributed by atoms with Gasteiger partial charge in [0.25, 0.3) is 0 Å². The zero-order chi connectivity index (χ0) is 26.5. The van der Waals surface area contributed by atoms with Crippen molar-refractivity contribution in [2.24, 2.45) is 11.8 Å². The fourth-order valence-corrected chi connectivity index (χ4v) is 4.06. The molecule has 3 aromatic rings. The van der Waals surface area contributed by atoms with Crippen LogP contribution < -0.4 is 4.74 Å². The van der Waals surface area contributed by atoms with Crippen molar-refractivity contribution >= 4 is 16.9 Å². The van der Waals surface area contributed by atoms with Crippen LogP contribution in [0.2, 0.25) is 0 Å². The van der Waals surface area contributed by atoms with Gasteiger partial charge < -0.3 is 14.0 Å². The Morgan fingerprint density at radius 1 is 1.06 bits per heavy atom. The van der Waals surface area contributed by atoms with Crippen molar-refractivity contribution in [3.63, 3.8) is 0 Å². The minimum absolute atomic E-state index is 0.137. The number of aromatic nitrogens is 1. The predicted octanol–water partition coefficient (Wildman–Crippen LogP) is 7.59. The largest absolute Gasteiger partial charge is 0.493 e. The van der Waals surface area contributed by atoms with Crippen LogP contribution in [0.25, 0.3) is 22.2 Å². The van der Waals surface area contributed by atoms with Gasteiger partial charge in [0.2, 0.25) is 0 Å². The van der Waals surface area contributed by atoms with E-state index in [1.807, 2.05) is 12.1 Å². The predicted molar refractivity (Wildman–Crippen MR) is 137 cm³/mol. The normalized spacial score (nSPS) is 12.7. The minimum atomic E-state index is -4.40. The first-order chi connectivity index (χ1) is 17.0. The van der Waals surface area contributed by atoms with Gasteiger partial charge >= 0.3 is 12.1 Å². The molecule has 0 aliphatic heterocycles. The van der Waals surface area contributed by atoms with E-state index in [-0.39, 0.29) is 12.2 Å². The number of ether oxygens (including phenoxy) is 2. The van der Waals surface area contributed by atoms with Crippen LogP contribution in [0.3, 0.4) is 0 Å². The highest BCUT2D eigenvalue weighted by Gasteiger charge is 2.33. The van der Waals surface area contributed by atoms with Crippen LogP contribution in [0.5, 0.6) is 5.75 Å². The Morgan fingerprint density at radius 2 is 1.75 bits per heavy atom. The quantitative estimate of drug-likeness (QED) is 0.201. The summed E-state index contributed by atoms with van der Waals surface area (Å²) in [6.07, 6.45) is -4.54. The standard InChI is InChI=1S/C29H34F3NO3/c1-6-21-7-9-23(10-8-21)26-13-24-11-12-25(14-27(24)33(26)16-19(2)3)35-17-22(15-29(30,31)32)18-36-28(34)20(4)5/h7-14,19,22H,4,6,15-18H2,1-3,5H3. The SMILES string of the molecule is C=C(C)C(=O)OCC(COc1ccc2cc(-c3ccc(CC)cc3)n(CC(C)C)c2c1)CC(F)(F)F. The van der Waals surface area contributed by atoms with Crippen LogP contribution in [0, 0.1) is 11.8 Å². The van der Waals surface area contributed by atoms with E-state index in [1.54, 1.807) is 6.07 Å². The summed E-state index contributed by atoms with van der Waals surface area (Å²) < 4.78 is 52.3. The minimum Gasteiger partial charge on any atom is -0.493 e. The van der Waals surface area contributed by atoms with Gasteiger partial charge in [-0.05, 0) is 48.6 Å². The third-order valence-electron chi connectivity index (χ3n) is 5.89. The lowest BCUT2D eigenvalue weighted by Gasteiger charge is -2.19. The van der Waals surface area contributed by atoms with E-state index in [1.165, 1.54) is 12.5 Å². The second-order valence-electron chi connectivity index (χ2n) is 9.68. The Kier molecular flexibility index (Phi) is 8.88. The average Bonchev–Trinajstić information content (AvgIpc) is 3.16. The molecule has 0 amide bonds. The second-order valence-corrected chi connectivity index (χ2v) is 9.68. The van der Waals surface area contributed by atoms with Crippen molar-refractivity contribution in [3.05, 3.63) is 66.2 Å². The zero-order valence-electron chi connectivity index (χ0n) is 21.3. The lowest BCUT2D eigenvalue weighted by atomic mass is 10.1. The molecule has 3 rings (SSSR count). The summed E-state index contributed by atoms with van der Waals surface area (Å²) in [5.41, 5.74) is 4.55. The molecule has 0 radical (unpaired) electrons. The number of rotatable bonds is 11. The first kappa shape index (κ1) is 27.4. The average molecular weight is 502 g/mol. The highest BCUT2D eigenvalue weighted by atomic mass is 19.4. The maximum absolute atomic E-state index is 13.1. The number of esters is 1. The molecule has 0 aliphatic rings. The molecule has 0 saturated heterocycles. The Morgan fingerprint density at radius 3 is 2.33 bits per heavy atom. The van der Waals surface area contributed by atoms with E-state index in [2.05, 4.69) is 62.2 Å². The molecule has 1 unspecified atom stereocenters. The van der Waals surface area contributed by atoms with Gasteiger partial charge in [0.05, 0.1) is 25.2 Å². The molecular formula is C29H34F3NO3. The molecule has 0 saturated carbocycles. The number of halogens is 3. The maximum Gasteiger partial charge on any atom is 0.389 e. The van der Waals surface area contributed by atoms with Gasteiger partial charge in [0.1, 0.15) is 5.75 Å². The molecule has 4 nitrogen and oxygen atoms in total.